The van der Waals surface area contributed by atoms with Crippen molar-refractivity contribution in [1.29, 1.82) is 0 Å². The summed E-state index contributed by atoms with van der Waals surface area (Å²) in [6, 6.07) is 6.50. The summed E-state index contributed by atoms with van der Waals surface area (Å²) in [4.78, 5) is 0. The van der Waals surface area contributed by atoms with Crippen molar-refractivity contribution in [2.24, 2.45) is 0 Å². The fourth-order valence-electron chi connectivity index (χ4n) is 1.63. The van der Waals surface area contributed by atoms with Crippen molar-refractivity contribution in [2.45, 2.75) is 27.2 Å². The molecule has 0 aromatic heterocycles. The van der Waals surface area contributed by atoms with Crippen molar-refractivity contribution in [2.75, 3.05) is 13.1 Å². The number of nitrogens with one attached hydrogen (secondary N) is 1. The molecule has 0 aliphatic carbocycles. The van der Waals surface area contributed by atoms with E-state index in [-0.39, 0.29) is 0 Å². The Morgan fingerprint density at radius 2 is 1.77 bits per heavy atom. The van der Waals surface area contributed by atoms with Gasteiger partial charge in [-0.05, 0) is 50.0 Å². The third kappa shape index (κ3) is 2.85. The van der Waals surface area contributed by atoms with Crippen molar-refractivity contribution >= 4 is 0 Å². The van der Waals surface area contributed by atoms with E-state index in [1.165, 1.54) is 16.7 Å². The number of benzene rings is 1. The normalized spacial score (nSPS) is 10.4. The molecule has 0 aliphatic rings. The summed E-state index contributed by atoms with van der Waals surface area (Å²) >= 11 is 0. The summed E-state index contributed by atoms with van der Waals surface area (Å²) in [6.07, 6.45) is 1.15. The molecule has 1 aromatic carbocycles. The fraction of sp³-hybridized carbons (Fsp3) is 0.500. The van der Waals surface area contributed by atoms with E-state index in [1.807, 2.05) is 0 Å². The van der Waals surface area contributed by atoms with Crippen LogP contribution in [0.15, 0.2) is 18.2 Å². The van der Waals surface area contributed by atoms with Crippen molar-refractivity contribution in [3.05, 3.63) is 34.9 Å². The van der Waals surface area contributed by atoms with Gasteiger partial charge >= 0.3 is 0 Å². The molecule has 0 saturated carbocycles. The van der Waals surface area contributed by atoms with Crippen LogP contribution in [-0.4, -0.2) is 13.1 Å². The van der Waals surface area contributed by atoms with Gasteiger partial charge in [0.15, 0.2) is 0 Å². The molecule has 72 valence electrons. The highest BCUT2D eigenvalue weighted by atomic mass is 14.8. The third-order valence-electron chi connectivity index (χ3n) is 2.45. The summed E-state index contributed by atoms with van der Waals surface area (Å²) in [5.41, 5.74) is 4.33. The van der Waals surface area contributed by atoms with E-state index >= 15 is 0 Å². The van der Waals surface area contributed by atoms with Gasteiger partial charge in [0.05, 0.1) is 0 Å². The molecule has 0 atom stereocenters. The number of hydrogen-bond acceptors (Lipinski definition) is 1. The predicted octanol–water partition coefficient (Wildman–Crippen LogP) is 2.46. The van der Waals surface area contributed by atoms with Crippen LogP contribution in [0.2, 0.25) is 0 Å². The SMILES string of the molecule is CCNCCc1c(C)cccc1C. The lowest BCUT2D eigenvalue weighted by Crippen LogP contribution is -2.16. The van der Waals surface area contributed by atoms with E-state index < -0.39 is 0 Å². The molecule has 0 aliphatic heterocycles. The minimum atomic E-state index is 1.06. The minimum absolute atomic E-state index is 1.06. The number of aryl methyl sites for hydroxylation is 2. The van der Waals surface area contributed by atoms with Crippen LogP contribution in [0, 0.1) is 13.8 Å². The molecule has 1 N–H and O–H groups in total. The Bertz CT molecular complexity index is 246. The molecule has 0 amide bonds. The molecule has 1 heteroatoms. The minimum Gasteiger partial charge on any atom is -0.317 e. The summed E-state index contributed by atoms with van der Waals surface area (Å²) in [5, 5.41) is 3.35. The average molecular weight is 177 g/mol. The highest BCUT2D eigenvalue weighted by molar-refractivity contribution is 5.33. The molecule has 1 aromatic rings. The van der Waals surface area contributed by atoms with E-state index in [0.717, 1.165) is 19.5 Å². The third-order valence-corrected chi connectivity index (χ3v) is 2.45. The van der Waals surface area contributed by atoms with Gasteiger partial charge in [-0.15, -0.1) is 0 Å². The Morgan fingerprint density at radius 1 is 1.15 bits per heavy atom. The Kier molecular flexibility index (Phi) is 3.97. The first-order valence-electron chi connectivity index (χ1n) is 5.01. The van der Waals surface area contributed by atoms with Gasteiger partial charge in [-0.3, -0.25) is 0 Å². The Labute approximate surface area is 81.2 Å². The standard InChI is InChI=1S/C12H19N/c1-4-13-9-8-12-10(2)6-5-7-11(12)3/h5-7,13H,4,8-9H2,1-3H3. The molecule has 1 nitrogen and oxygen atoms in total. The summed E-state index contributed by atoms with van der Waals surface area (Å²) in [7, 11) is 0. The highest BCUT2D eigenvalue weighted by Crippen LogP contribution is 2.13. The summed E-state index contributed by atoms with van der Waals surface area (Å²) < 4.78 is 0. The second kappa shape index (κ2) is 5.03. The van der Waals surface area contributed by atoms with Crippen LogP contribution in [0.5, 0.6) is 0 Å². The molecular formula is C12H19N. The van der Waals surface area contributed by atoms with Crippen molar-refractivity contribution in [1.82, 2.24) is 5.32 Å². The summed E-state index contributed by atoms with van der Waals surface area (Å²) in [6.45, 7) is 8.67. The first kappa shape index (κ1) is 10.3. The smallest absolute Gasteiger partial charge is 0.000827 e. The van der Waals surface area contributed by atoms with Gasteiger partial charge < -0.3 is 5.32 Å². The predicted molar refractivity (Wildman–Crippen MR) is 58.2 cm³/mol. The van der Waals surface area contributed by atoms with Gasteiger partial charge in [0, 0.05) is 0 Å². The first-order chi connectivity index (χ1) is 6.25. The molecular weight excluding hydrogens is 158 g/mol. The van der Waals surface area contributed by atoms with E-state index in [4.69, 9.17) is 0 Å². The first-order valence-corrected chi connectivity index (χ1v) is 5.01. The molecule has 0 radical (unpaired) electrons. The zero-order chi connectivity index (χ0) is 9.68. The number of rotatable bonds is 4. The fourth-order valence-corrected chi connectivity index (χ4v) is 1.63. The Morgan fingerprint density at radius 3 is 2.31 bits per heavy atom. The lowest BCUT2D eigenvalue weighted by Gasteiger charge is -2.09. The monoisotopic (exact) mass is 177 g/mol. The Hall–Kier alpha value is -0.820. The van der Waals surface area contributed by atoms with Crippen LogP contribution in [0.1, 0.15) is 23.6 Å². The maximum Gasteiger partial charge on any atom is -0.000827 e. The van der Waals surface area contributed by atoms with E-state index in [0.29, 0.717) is 0 Å². The molecule has 0 saturated heterocycles. The van der Waals surface area contributed by atoms with Crippen molar-refractivity contribution in [3.63, 3.8) is 0 Å². The van der Waals surface area contributed by atoms with Gasteiger partial charge in [-0.25, -0.2) is 0 Å². The van der Waals surface area contributed by atoms with Crippen LogP contribution in [0.25, 0.3) is 0 Å². The quantitative estimate of drug-likeness (QED) is 0.697. The molecule has 0 spiro atoms. The molecule has 0 fully saturated rings. The number of likely N-dealkylation sites (N-methyl/N-ethyl adjacent to an activating group) is 1. The second-order valence-corrected chi connectivity index (χ2v) is 3.47. The van der Waals surface area contributed by atoms with Gasteiger partial charge in [0.25, 0.3) is 0 Å². The molecule has 0 heterocycles. The maximum atomic E-state index is 3.35. The summed E-state index contributed by atoms with van der Waals surface area (Å²) in [5.74, 6) is 0. The van der Waals surface area contributed by atoms with E-state index in [2.05, 4.69) is 44.3 Å². The maximum absolute atomic E-state index is 3.35. The van der Waals surface area contributed by atoms with Crippen molar-refractivity contribution in [3.8, 4) is 0 Å². The van der Waals surface area contributed by atoms with Crippen LogP contribution in [0.3, 0.4) is 0 Å². The Balaban J connectivity index is 2.64. The second-order valence-electron chi connectivity index (χ2n) is 3.47. The molecule has 0 bridgehead atoms. The highest BCUT2D eigenvalue weighted by Gasteiger charge is 2.00. The van der Waals surface area contributed by atoms with Crippen LogP contribution in [0.4, 0.5) is 0 Å². The van der Waals surface area contributed by atoms with Gasteiger partial charge in [0.2, 0.25) is 0 Å². The zero-order valence-electron chi connectivity index (χ0n) is 8.85. The van der Waals surface area contributed by atoms with E-state index in [9.17, 15) is 0 Å². The van der Waals surface area contributed by atoms with Crippen LogP contribution >= 0.6 is 0 Å². The van der Waals surface area contributed by atoms with Gasteiger partial charge in [-0.1, -0.05) is 25.1 Å². The number of hydrogen-bond donors (Lipinski definition) is 1. The van der Waals surface area contributed by atoms with Crippen molar-refractivity contribution < 1.29 is 0 Å². The van der Waals surface area contributed by atoms with Gasteiger partial charge in [-0.2, -0.15) is 0 Å². The average Bonchev–Trinajstić information content (AvgIpc) is 2.10. The van der Waals surface area contributed by atoms with Gasteiger partial charge in [0.1, 0.15) is 0 Å². The largest absolute Gasteiger partial charge is 0.317 e. The molecule has 13 heavy (non-hydrogen) atoms. The van der Waals surface area contributed by atoms with E-state index in [1.54, 1.807) is 0 Å². The molecule has 1 rings (SSSR count). The topological polar surface area (TPSA) is 12.0 Å². The lowest BCUT2D eigenvalue weighted by molar-refractivity contribution is 0.713. The molecule has 0 unspecified atom stereocenters. The zero-order valence-corrected chi connectivity index (χ0v) is 8.85. The van der Waals surface area contributed by atoms with Crippen LogP contribution < -0.4 is 5.32 Å². The lowest BCUT2D eigenvalue weighted by atomic mass is 10.0. The van der Waals surface area contributed by atoms with Crippen LogP contribution in [-0.2, 0) is 6.42 Å².